The molecule has 0 atom stereocenters. The molecule has 17 heavy (non-hydrogen) atoms. The smallest absolute Gasteiger partial charge is 0.431 e. The summed E-state index contributed by atoms with van der Waals surface area (Å²) in [4.78, 5) is 23.8. The van der Waals surface area contributed by atoms with Crippen molar-refractivity contribution in [2.75, 3.05) is 0 Å². The molecule has 1 aliphatic carbocycles. The number of pyridine rings is 1. The van der Waals surface area contributed by atoms with Gasteiger partial charge in [0.1, 0.15) is 11.3 Å². The number of aromatic carboxylic acids is 1. The molecule has 1 aromatic rings. The van der Waals surface area contributed by atoms with Crippen LogP contribution in [-0.2, 0) is 19.0 Å². The first kappa shape index (κ1) is 11.7. The van der Waals surface area contributed by atoms with Gasteiger partial charge in [-0.15, -0.1) is 0 Å². The Morgan fingerprint density at radius 1 is 1.24 bits per heavy atom. The molecule has 1 aliphatic rings. The molecule has 1 aromatic heterocycles. The third kappa shape index (κ3) is 1.81. The van der Waals surface area contributed by atoms with Gasteiger partial charge in [-0.1, -0.05) is 0 Å². The lowest BCUT2D eigenvalue weighted by molar-refractivity contribution is -0.141. The minimum Gasteiger partial charge on any atom is -0.477 e. The Labute approximate surface area is 93.1 Å². The van der Waals surface area contributed by atoms with Crippen molar-refractivity contribution in [1.29, 1.82) is 0 Å². The highest BCUT2D eigenvalue weighted by molar-refractivity contribution is 5.89. The number of hydrogen-bond donors (Lipinski definition) is 2. The van der Waals surface area contributed by atoms with E-state index in [2.05, 4.69) is 0 Å². The van der Waals surface area contributed by atoms with Crippen LogP contribution in [0, 0.1) is 0 Å². The normalized spacial score (nSPS) is 14.8. The van der Waals surface area contributed by atoms with E-state index < -0.39 is 29.0 Å². The average Bonchev–Trinajstić information content (AvgIpc) is 2.61. The van der Waals surface area contributed by atoms with Gasteiger partial charge in [-0.3, -0.25) is 4.79 Å². The second kappa shape index (κ2) is 3.61. The number of hydrogen-bond acceptors (Lipinski definition) is 2. The molecule has 0 aliphatic heterocycles. The fourth-order valence-electron chi connectivity index (χ4n) is 2.15. The molecule has 0 amide bonds. The molecule has 2 N–H and O–H groups in total. The highest BCUT2D eigenvalue weighted by atomic mass is 19.4. The molecule has 2 rings (SSSR count). The molecule has 0 unspecified atom stereocenters. The van der Waals surface area contributed by atoms with Crippen LogP contribution in [0.5, 0.6) is 0 Å². The zero-order valence-electron chi connectivity index (χ0n) is 8.52. The van der Waals surface area contributed by atoms with Gasteiger partial charge in [-0.2, -0.15) is 13.2 Å². The minimum atomic E-state index is -4.66. The van der Waals surface area contributed by atoms with Crippen LogP contribution in [0.4, 0.5) is 13.2 Å². The Bertz CT molecular complexity index is 545. The summed E-state index contributed by atoms with van der Waals surface area (Å²) < 4.78 is 37.9. The van der Waals surface area contributed by atoms with Gasteiger partial charge in [0.05, 0.1) is 0 Å². The molecule has 1 heterocycles. The van der Waals surface area contributed by atoms with E-state index in [9.17, 15) is 22.8 Å². The van der Waals surface area contributed by atoms with Crippen LogP contribution in [0.1, 0.15) is 33.6 Å². The van der Waals surface area contributed by atoms with Crippen molar-refractivity contribution < 1.29 is 23.1 Å². The van der Waals surface area contributed by atoms with Crippen molar-refractivity contribution in [3.63, 3.8) is 0 Å². The first-order chi connectivity index (χ1) is 7.82. The number of halogens is 3. The van der Waals surface area contributed by atoms with E-state index in [4.69, 9.17) is 5.11 Å². The molecule has 0 bridgehead atoms. The molecule has 0 saturated carbocycles. The minimum absolute atomic E-state index is 0.0218. The molecule has 0 saturated heterocycles. The van der Waals surface area contributed by atoms with E-state index >= 15 is 0 Å². The molecule has 0 fully saturated rings. The Balaban J connectivity index is 2.78. The third-order valence-electron chi connectivity index (χ3n) is 2.78. The van der Waals surface area contributed by atoms with Crippen molar-refractivity contribution >= 4 is 5.97 Å². The van der Waals surface area contributed by atoms with E-state index in [0.29, 0.717) is 6.42 Å². The molecule has 0 radical (unpaired) electrons. The van der Waals surface area contributed by atoms with Crippen LogP contribution in [0.3, 0.4) is 0 Å². The Morgan fingerprint density at radius 3 is 2.35 bits per heavy atom. The predicted molar refractivity (Wildman–Crippen MR) is 51.0 cm³/mol. The topological polar surface area (TPSA) is 70.2 Å². The number of rotatable bonds is 1. The summed E-state index contributed by atoms with van der Waals surface area (Å²) in [5, 5.41) is 8.82. The third-order valence-corrected chi connectivity index (χ3v) is 2.78. The number of carboxylic acid groups (broad SMARTS) is 1. The SMILES string of the molecule is O=C(O)c1c2c(c(C(F)(F)F)[nH]c1=O)CCC2. The van der Waals surface area contributed by atoms with Gasteiger partial charge in [0.25, 0.3) is 5.56 Å². The molecule has 0 spiro atoms. The summed E-state index contributed by atoms with van der Waals surface area (Å²) in [5.74, 6) is -1.49. The highest BCUT2D eigenvalue weighted by Crippen LogP contribution is 2.35. The number of nitrogens with one attached hydrogen (secondary N) is 1. The van der Waals surface area contributed by atoms with Gasteiger partial charge in [0, 0.05) is 0 Å². The second-order valence-electron chi connectivity index (χ2n) is 3.82. The Hall–Kier alpha value is -1.79. The Morgan fingerprint density at radius 2 is 1.82 bits per heavy atom. The predicted octanol–water partition coefficient (Wildman–Crippen LogP) is 1.58. The lowest BCUT2D eigenvalue weighted by Crippen LogP contribution is -2.26. The summed E-state index contributed by atoms with van der Waals surface area (Å²) >= 11 is 0. The van der Waals surface area contributed by atoms with Crippen molar-refractivity contribution in [1.82, 2.24) is 4.98 Å². The summed E-state index contributed by atoms with van der Waals surface area (Å²) in [6.45, 7) is 0. The van der Waals surface area contributed by atoms with Gasteiger partial charge in [0.2, 0.25) is 0 Å². The monoisotopic (exact) mass is 247 g/mol. The van der Waals surface area contributed by atoms with Crippen LogP contribution in [0.2, 0.25) is 0 Å². The zero-order valence-corrected chi connectivity index (χ0v) is 8.52. The maximum absolute atomic E-state index is 12.6. The number of H-pyrrole nitrogens is 1. The number of carbonyl (C=O) groups is 1. The van der Waals surface area contributed by atoms with Crippen molar-refractivity contribution in [3.8, 4) is 0 Å². The maximum atomic E-state index is 12.6. The fraction of sp³-hybridized carbons (Fsp3) is 0.400. The lowest BCUT2D eigenvalue weighted by Gasteiger charge is -2.12. The van der Waals surface area contributed by atoms with Gasteiger partial charge in [-0.25, -0.2) is 4.79 Å². The molecular formula is C10H8F3NO3. The number of aromatic amines is 1. The van der Waals surface area contributed by atoms with Crippen molar-refractivity contribution in [2.45, 2.75) is 25.4 Å². The van der Waals surface area contributed by atoms with E-state index in [1.54, 1.807) is 4.98 Å². The van der Waals surface area contributed by atoms with Crippen LogP contribution in [-0.4, -0.2) is 16.1 Å². The van der Waals surface area contributed by atoms with Gasteiger partial charge in [0.15, 0.2) is 0 Å². The quantitative estimate of drug-likeness (QED) is 0.791. The standard InChI is InChI=1S/C10H8F3NO3/c11-10(12,13)7-5-3-1-2-4(5)6(9(16)17)8(15)14-7/h1-3H2,(H,14,15)(H,16,17). The number of alkyl halides is 3. The summed E-state index contributed by atoms with van der Waals surface area (Å²) in [6.07, 6.45) is -3.90. The first-order valence-electron chi connectivity index (χ1n) is 4.91. The van der Waals surface area contributed by atoms with Crippen LogP contribution >= 0.6 is 0 Å². The largest absolute Gasteiger partial charge is 0.477 e. The lowest BCUT2D eigenvalue weighted by atomic mass is 10.0. The Kier molecular flexibility index (Phi) is 2.48. The van der Waals surface area contributed by atoms with E-state index in [0.717, 1.165) is 0 Å². The van der Waals surface area contributed by atoms with Gasteiger partial charge >= 0.3 is 12.1 Å². The van der Waals surface area contributed by atoms with E-state index in [1.165, 1.54) is 0 Å². The zero-order chi connectivity index (χ0) is 12.8. The summed E-state index contributed by atoms with van der Waals surface area (Å²) in [7, 11) is 0. The van der Waals surface area contributed by atoms with Crippen molar-refractivity contribution in [3.05, 3.63) is 32.7 Å². The fourth-order valence-corrected chi connectivity index (χ4v) is 2.15. The first-order valence-corrected chi connectivity index (χ1v) is 4.91. The second-order valence-corrected chi connectivity index (χ2v) is 3.82. The van der Waals surface area contributed by atoms with Gasteiger partial charge in [-0.05, 0) is 30.4 Å². The molecular weight excluding hydrogens is 239 g/mol. The van der Waals surface area contributed by atoms with Crippen LogP contribution in [0.25, 0.3) is 0 Å². The molecule has 92 valence electrons. The number of fused-ring (bicyclic) bond motifs is 1. The maximum Gasteiger partial charge on any atom is 0.431 e. The highest BCUT2D eigenvalue weighted by Gasteiger charge is 2.38. The van der Waals surface area contributed by atoms with Gasteiger partial charge < -0.3 is 10.1 Å². The van der Waals surface area contributed by atoms with Crippen LogP contribution in [0.15, 0.2) is 4.79 Å². The van der Waals surface area contributed by atoms with Crippen LogP contribution < -0.4 is 5.56 Å². The number of carboxylic acids is 1. The average molecular weight is 247 g/mol. The van der Waals surface area contributed by atoms with E-state index in [1.807, 2.05) is 0 Å². The number of aromatic nitrogens is 1. The van der Waals surface area contributed by atoms with Crippen molar-refractivity contribution in [2.24, 2.45) is 0 Å². The molecule has 7 heteroatoms. The summed E-state index contributed by atoms with van der Waals surface area (Å²) in [5.41, 5.74) is -2.93. The molecule has 0 aromatic carbocycles. The molecule has 4 nitrogen and oxygen atoms in total. The summed E-state index contributed by atoms with van der Waals surface area (Å²) in [6, 6.07) is 0. The van der Waals surface area contributed by atoms with E-state index in [-0.39, 0.29) is 24.0 Å².